The Morgan fingerprint density at radius 3 is 2.00 bits per heavy atom. The smallest absolute Gasteiger partial charge is 0.118 e. The lowest BCUT2D eigenvalue weighted by Crippen LogP contribution is -1.90. The number of rotatable bonds is 5. The lowest BCUT2D eigenvalue weighted by atomic mass is 9.95. The van der Waals surface area contributed by atoms with Crippen molar-refractivity contribution in [2.45, 2.75) is 13.3 Å². The molecular formula is C23H22O. The predicted octanol–water partition coefficient (Wildman–Crippen LogP) is 5.85. The fourth-order valence-corrected chi connectivity index (χ4v) is 2.74. The van der Waals surface area contributed by atoms with Crippen LogP contribution in [-0.4, -0.2) is 7.11 Å². The van der Waals surface area contributed by atoms with Gasteiger partial charge in [-0.2, -0.15) is 0 Å². The largest absolute Gasteiger partial charge is 0.497 e. The van der Waals surface area contributed by atoms with E-state index < -0.39 is 0 Å². The molecule has 3 aromatic carbocycles. The SMILES string of the molecule is CCc1ccc(/C=C(\c2ccccc2)c2ccc(OC)cc2)cc1. The van der Waals surface area contributed by atoms with Crippen molar-refractivity contribution in [3.05, 3.63) is 101 Å². The van der Waals surface area contributed by atoms with Crippen LogP contribution < -0.4 is 4.74 Å². The zero-order valence-corrected chi connectivity index (χ0v) is 14.2. The highest BCUT2D eigenvalue weighted by molar-refractivity contribution is 5.91. The average Bonchev–Trinajstić information content (AvgIpc) is 2.67. The topological polar surface area (TPSA) is 9.23 Å². The van der Waals surface area contributed by atoms with Gasteiger partial charge in [-0.15, -0.1) is 0 Å². The van der Waals surface area contributed by atoms with E-state index in [9.17, 15) is 0 Å². The molecule has 0 radical (unpaired) electrons. The highest BCUT2D eigenvalue weighted by atomic mass is 16.5. The van der Waals surface area contributed by atoms with E-state index >= 15 is 0 Å². The molecule has 0 aliphatic rings. The van der Waals surface area contributed by atoms with Crippen molar-refractivity contribution in [1.29, 1.82) is 0 Å². The van der Waals surface area contributed by atoms with E-state index in [2.05, 4.69) is 73.7 Å². The lowest BCUT2D eigenvalue weighted by molar-refractivity contribution is 0.415. The number of aryl methyl sites for hydroxylation is 1. The molecule has 0 amide bonds. The molecule has 3 rings (SSSR count). The Labute approximate surface area is 144 Å². The minimum Gasteiger partial charge on any atom is -0.497 e. The lowest BCUT2D eigenvalue weighted by Gasteiger charge is -2.10. The van der Waals surface area contributed by atoms with Crippen LogP contribution in [0.2, 0.25) is 0 Å². The summed E-state index contributed by atoms with van der Waals surface area (Å²) in [6.07, 6.45) is 3.31. The van der Waals surface area contributed by atoms with Crippen LogP contribution in [0.4, 0.5) is 0 Å². The Balaban J connectivity index is 2.05. The fourth-order valence-electron chi connectivity index (χ4n) is 2.74. The summed E-state index contributed by atoms with van der Waals surface area (Å²) in [5.41, 5.74) is 6.17. The van der Waals surface area contributed by atoms with E-state index in [0.717, 1.165) is 12.2 Å². The highest BCUT2D eigenvalue weighted by Crippen LogP contribution is 2.27. The average molecular weight is 314 g/mol. The molecule has 0 unspecified atom stereocenters. The van der Waals surface area contributed by atoms with Crippen molar-refractivity contribution < 1.29 is 4.74 Å². The minimum atomic E-state index is 0.874. The third kappa shape index (κ3) is 3.75. The van der Waals surface area contributed by atoms with Crippen LogP contribution >= 0.6 is 0 Å². The second-order valence-electron chi connectivity index (χ2n) is 5.75. The predicted molar refractivity (Wildman–Crippen MR) is 102 cm³/mol. The molecule has 0 fully saturated rings. The Morgan fingerprint density at radius 1 is 0.792 bits per heavy atom. The van der Waals surface area contributed by atoms with Gasteiger partial charge in [0, 0.05) is 0 Å². The van der Waals surface area contributed by atoms with Crippen molar-refractivity contribution in [3.63, 3.8) is 0 Å². The summed E-state index contributed by atoms with van der Waals surface area (Å²) in [6, 6.07) is 27.5. The van der Waals surface area contributed by atoms with Gasteiger partial charge in [-0.25, -0.2) is 0 Å². The van der Waals surface area contributed by atoms with Crippen molar-refractivity contribution >= 4 is 11.6 Å². The number of benzene rings is 3. The first kappa shape index (κ1) is 16.1. The summed E-state index contributed by atoms with van der Waals surface area (Å²) in [5, 5.41) is 0. The van der Waals surface area contributed by atoms with Crippen LogP contribution in [0, 0.1) is 0 Å². The highest BCUT2D eigenvalue weighted by Gasteiger charge is 2.06. The van der Waals surface area contributed by atoms with E-state index in [1.165, 1.54) is 27.8 Å². The third-order valence-corrected chi connectivity index (χ3v) is 4.18. The maximum atomic E-state index is 5.28. The van der Waals surface area contributed by atoms with E-state index in [1.807, 2.05) is 18.2 Å². The zero-order valence-electron chi connectivity index (χ0n) is 14.2. The molecule has 0 heterocycles. The second-order valence-corrected chi connectivity index (χ2v) is 5.75. The first-order valence-corrected chi connectivity index (χ1v) is 8.30. The summed E-state index contributed by atoms with van der Waals surface area (Å²) in [6.45, 7) is 2.18. The van der Waals surface area contributed by atoms with Crippen LogP contribution in [0.3, 0.4) is 0 Å². The van der Waals surface area contributed by atoms with E-state index in [4.69, 9.17) is 4.74 Å². The molecule has 0 atom stereocenters. The molecule has 1 heteroatoms. The molecule has 0 aliphatic carbocycles. The summed E-state index contributed by atoms with van der Waals surface area (Å²) in [7, 11) is 1.69. The quantitative estimate of drug-likeness (QED) is 0.537. The maximum Gasteiger partial charge on any atom is 0.118 e. The molecule has 0 saturated heterocycles. The molecule has 0 bridgehead atoms. The molecule has 0 saturated carbocycles. The van der Waals surface area contributed by atoms with Gasteiger partial charge in [0.2, 0.25) is 0 Å². The van der Waals surface area contributed by atoms with Gasteiger partial charge in [0.05, 0.1) is 7.11 Å². The normalized spacial score (nSPS) is 11.3. The van der Waals surface area contributed by atoms with Crippen LogP contribution in [-0.2, 0) is 6.42 Å². The zero-order chi connectivity index (χ0) is 16.8. The van der Waals surface area contributed by atoms with Crippen molar-refractivity contribution in [2.75, 3.05) is 7.11 Å². The van der Waals surface area contributed by atoms with E-state index in [-0.39, 0.29) is 0 Å². The van der Waals surface area contributed by atoms with Crippen LogP contribution in [0.15, 0.2) is 78.9 Å². The molecule has 0 aromatic heterocycles. The Morgan fingerprint density at radius 2 is 1.42 bits per heavy atom. The van der Waals surface area contributed by atoms with Crippen LogP contribution in [0.5, 0.6) is 5.75 Å². The van der Waals surface area contributed by atoms with Crippen LogP contribution in [0.25, 0.3) is 11.6 Å². The number of hydrogen-bond acceptors (Lipinski definition) is 1. The summed E-state index contributed by atoms with van der Waals surface area (Å²) in [4.78, 5) is 0. The fraction of sp³-hybridized carbons (Fsp3) is 0.130. The van der Waals surface area contributed by atoms with E-state index in [1.54, 1.807) is 7.11 Å². The summed E-state index contributed by atoms with van der Waals surface area (Å²) < 4.78 is 5.28. The number of ether oxygens (including phenoxy) is 1. The maximum absolute atomic E-state index is 5.28. The Hall–Kier alpha value is -2.80. The number of hydrogen-bond donors (Lipinski definition) is 0. The standard InChI is InChI=1S/C23H22O/c1-3-18-9-11-19(12-10-18)17-23(20-7-5-4-6-8-20)21-13-15-22(24-2)16-14-21/h4-17H,3H2,1-2H3/b23-17+. The van der Waals surface area contributed by atoms with Gasteiger partial charge in [-0.05, 0) is 52.5 Å². The molecule has 1 nitrogen and oxygen atoms in total. The molecule has 120 valence electrons. The Kier molecular flexibility index (Phi) is 5.12. The first-order chi connectivity index (χ1) is 11.8. The van der Waals surface area contributed by atoms with Gasteiger partial charge < -0.3 is 4.74 Å². The van der Waals surface area contributed by atoms with Crippen LogP contribution in [0.1, 0.15) is 29.2 Å². The van der Waals surface area contributed by atoms with Crippen molar-refractivity contribution in [3.8, 4) is 5.75 Å². The first-order valence-electron chi connectivity index (χ1n) is 8.30. The molecular weight excluding hydrogens is 292 g/mol. The van der Waals surface area contributed by atoms with Gasteiger partial charge >= 0.3 is 0 Å². The second kappa shape index (κ2) is 7.65. The molecule has 0 aliphatic heterocycles. The molecule has 0 spiro atoms. The van der Waals surface area contributed by atoms with Gasteiger partial charge in [0.1, 0.15) is 5.75 Å². The van der Waals surface area contributed by atoms with Gasteiger partial charge in [-0.3, -0.25) is 0 Å². The third-order valence-electron chi connectivity index (χ3n) is 4.18. The van der Waals surface area contributed by atoms with Crippen molar-refractivity contribution in [1.82, 2.24) is 0 Å². The summed E-state index contributed by atoms with van der Waals surface area (Å²) in [5.74, 6) is 0.874. The molecule has 24 heavy (non-hydrogen) atoms. The van der Waals surface area contributed by atoms with Gasteiger partial charge in [-0.1, -0.05) is 73.7 Å². The van der Waals surface area contributed by atoms with Gasteiger partial charge in [0.15, 0.2) is 0 Å². The monoisotopic (exact) mass is 314 g/mol. The minimum absolute atomic E-state index is 0.874. The molecule has 0 N–H and O–H groups in total. The summed E-state index contributed by atoms with van der Waals surface area (Å²) >= 11 is 0. The molecule has 3 aromatic rings. The Bertz CT molecular complexity index is 797. The number of methoxy groups -OCH3 is 1. The van der Waals surface area contributed by atoms with Crippen molar-refractivity contribution in [2.24, 2.45) is 0 Å². The van der Waals surface area contributed by atoms with Gasteiger partial charge in [0.25, 0.3) is 0 Å². The van der Waals surface area contributed by atoms with E-state index in [0.29, 0.717) is 0 Å².